The molecule has 0 radical (unpaired) electrons. The molecule has 1 amide bonds. The van der Waals surface area contributed by atoms with E-state index in [-0.39, 0.29) is 11.5 Å². The van der Waals surface area contributed by atoms with E-state index < -0.39 is 0 Å². The highest BCUT2D eigenvalue weighted by atomic mass is 32.2. The first-order valence-electron chi connectivity index (χ1n) is 9.90. The van der Waals surface area contributed by atoms with Crippen molar-refractivity contribution in [3.05, 3.63) is 46.8 Å². The van der Waals surface area contributed by atoms with Crippen LogP contribution < -0.4 is 5.56 Å². The number of fused-ring (bicyclic) bond motifs is 2. The van der Waals surface area contributed by atoms with Gasteiger partial charge in [0.15, 0.2) is 5.16 Å². The number of carbonyl (C=O) groups excluding carboxylic acids is 1. The van der Waals surface area contributed by atoms with E-state index in [1.54, 1.807) is 11.6 Å². The maximum atomic E-state index is 12.9. The number of rotatable bonds is 4. The summed E-state index contributed by atoms with van der Waals surface area (Å²) in [6.07, 6.45) is 4.36. The number of aromatic nitrogens is 2. The molecule has 146 valence electrons. The van der Waals surface area contributed by atoms with Crippen LogP contribution in [-0.4, -0.2) is 38.7 Å². The molecular weight excluding hydrogens is 370 g/mol. The Hall–Kier alpha value is -2.34. The van der Waals surface area contributed by atoms with Crippen LogP contribution in [0.15, 0.2) is 46.3 Å². The molecule has 0 N–H and O–H groups in total. The average Bonchev–Trinajstić information content (AvgIpc) is 2.74. The lowest BCUT2D eigenvalue weighted by atomic mass is 10.0. The summed E-state index contributed by atoms with van der Waals surface area (Å²) in [7, 11) is 1.73. The van der Waals surface area contributed by atoms with Crippen LogP contribution >= 0.6 is 11.8 Å². The van der Waals surface area contributed by atoms with E-state index in [1.165, 1.54) is 18.2 Å². The second-order valence-electron chi connectivity index (χ2n) is 7.41. The van der Waals surface area contributed by atoms with E-state index in [1.807, 2.05) is 41.3 Å². The van der Waals surface area contributed by atoms with Crippen molar-refractivity contribution in [3.63, 3.8) is 0 Å². The Morgan fingerprint density at radius 1 is 1.21 bits per heavy atom. The molecule has 2 heterocycles. The largest absolute Gasteiger partial charge is 0.339 e. The molecule has 1 aromatic heterocycles. The number of carbonyl (C=O) groups is 1. The summed E-state index contributed by atoms with van der Waals surface area (Å²) in [4.78, 5) is 32.3. The molecule has 2 aromatic carbocycles. The first-order chi connectivity index (χ1) is 13.6. The lowest BCUT2D eigenvalue weighted by Crippen LogP contribution is -2.44. The molecule has 0 bridgehead atoms. The van der Waals surface area contributed by atoms with E-state index in [2.05, 4.69) is 6.92 Å². The standard InChI is InChI=1S/C22H25N3O2S/c1-3-17-10-6-7-11-25(17)20(26)14-28-22-23-19-13-16-9-5-4-8-15(16)12-18(19)21(27)24(22)2/h4-5,8-9,12-13,17H,3,6-7,10-11,14H2,1-2H3/t17-/m0/s1. The zero-order valence-electron chi connectivity index (χ0n) is 16.4. The Morgan fingerprint density at radius 2 is 1.96 bits per heavy atom. The Morgan fingerprint density at radius 3 is 2.71 bits per heavy atom. The fourth-order valence-electron chi connectivity index (χ4n) is 4.03. The van der Waals surface area contributed by atoms with Gasteiger partial charge in [-0.15, -0.1) is 0 Å². The van der Waals surface area contributed by atoms with Gasteiger partial charge in [0.1, 0.15) is 0 Å². The molecular formula is C22H25N3O2S. The molecule has 5 nitrogen and oxygen atoms in total. The van der Waals surface area contributed by atoms with Crippen molar-refractivity contribution in [2.75, 3.05) is 12.3 Å². The second kappa shape index (κ2) is 7.95. The van der Waals surface area contributed by atoms with E-state index in [9.17, 15) is 9.59 Å². The minimum atomic E-state index is -0.0740. The zero-order chi connectivity index (χ0) is 19.7. The van der Waals surface area contributed by atoms with E-state index >= 15 is 0 Å². The summed E-state index contributed by atoms with van der Waals surface area (Å²) in [6, 6.07) is 12.2. The topological polar surface area (TPSA) is 55.2 Å². The maximum Gasteiger partial charge on any atom is 0.261 e. The predicted octanol–water partition coefficient (Wildman–Crippen LogP) is 3.97. The monoisotopic (exact) mass is 395 g/mol. The van der Waals surface area contributed by atoms with Gasteiger partial charge >= 0.3 is 0 Å². The quantitative estimate of drug-likeness (QED) is 0.381. The highest BCUT2D eigenvalue weighted by Gasteiger charge is 2.25. The second-order valence-corrected chi connectivity index (χ2v) is 8.35. The summed E-state index contributed by atoms with van der Waals surface area (Å²) in [5.74, 6) is 0.458. The highest BCUT2D eigenvalue weighted by molar-refractivity contribution is 7.99. The molecule has 1 aliphatic rings. The van der Waals surface area contributed by atoms with Crippen molar-refractivity contribution in [1.29, 1.82) is 0 Å². The van der Waals surface area contributed by atoms with Gasteiger partial charge in [0.2, 0.25) is 5.91 Å². The van der Waals surface area contributed by atoms with Crippen molar-refractivity contribution >= 4 is 39.3 Å². The third kappa shape index (κ3) is 3.53. The third-order valence-corrected chi connectivity index (χ3v) is 6.66. The van der Waals surface area contributed by atoms with Crippen molar-refractivity contribution in [1.82, 2.24) is 14.5 Å². The Balaban J connectivity index is 1.61. The molecule has 28 heavy (non-hydrogen) atoms. The van der Waals surface area contributed by atoms with Crippen molar-refractivity contribution in [2.45, 2.75) is 43.8 Å². The number of hydrogen-bond acceptors (Lipinski definition) is 4. The van der Waals surface area contributed by atoms with Crippen LogP contribution in [0.4, 0.5) is 0 Å². The summed E-state index contributed by atoms with van der Waals surface area (Å²) >= 11 is 1.36. The fraction of sp³-hybridized carbons (Fsp3) is 0.409. The van der Waals surface area contributed by atoms with Gasteiger partial charge in [-0.1, -0.05) is 43.0 Å². The predicted molar refractivity (Wildman–Crippen MR) is 115 cm³/mol. The minimum Gasteiger partial charge on any atom is -0.339 e. The fourth-order valence-corrected chi connectivity index (χ4v) is 4.89. The first kappa shape index (κ1) is 19.0. The number of hydrogen-bond donors (Lipinski definition) is 0. The molecule has 0 unspecified atom stereocenters. The molecule has 1 saturated heterocycles. The SMILES string of the molecule is CC[C@H]1CCCCN1C(=O)CSc1nc2cc3ccccc3cc2c(=O)n1C. The number of amides is 1. The normalized spacial score (nSPS) is 17.4. The van der Waals surface area contributed by atoms with Crippen LogP contribution in [0.25, 0.3) is 21.7 Å². The van der Waals surface area contributed by atoms with Gasteiger partial charge in [-0.25, -0.2) is 4.98 Å². The van der Waals surface area contributed by atoms with Gasteiger partial charge in [-0.05, 0) is 48.6 Å². The van der Waals surface area contributed by atoms with Crippen LogP contribution in [0.5, 0.6) is 0 Å². The smallest absolute Gasteiger partial charge is 0.261 e. The van der Waals surface area contributed by atoms with Gasteiger partial charge in [0, 0.05) is 19.6 Å². The number of benzene rings is 2. The van der Waals surface area contributed by atoms with Crippen molar-refractivity contribution < 1.29 is 4.79 Å². The third-order valence-electron chi connectivity index (χ3n) is 5.65. The summed E-state index contributed by atoms with van der Waals surface area (Å²) in [6.45, 7) is 2.98. The van der Waals surface area contributed by atoms with E-state index in [0.717, 1.165) is 36.6 Å². The Kier molecular flexibility index (Phi) is 5.40. The van der Waals surface area contributed by atoms with Crippen LogP contribution in [0, 0.1) is 0 Å². The molecule has 3 aromatic rings. The van der Waals surface area contributed by atoms with Gasteiger partial charge in [0.25, 0.3) is 5.56 Å². The van der Waals surface area contributed by atoms with Crippen molar-refractivity contribution in [2.24, 2.45) is 7.05 Å². The first-order valence-corrected chi connectivity index (χ1v) is 10.9. The van der Waals surface area contributed by atoms with Crippen LogP contribution in [0.2, 0.25) is 0 Å². The van der Waals surface area contributed by atoms with E-state index in [4.69, 9.17) is 4.98 Å². The van der Waals surface area contributed by atoms with Gasteiger partial charge < -0.3 is 4.90 Å². The molecule has 1 atom stereocenters. The molecule has 1 fully saturated rings. The molecule has 1 aliphatic heterocycles. The molecule has 6 heteroatoms. The molecule has 4 rings (SSSR count). The Bertz CT molecular complexity index is 1090. The molecule has 0 spiro atoms. The minimum absolute atomic E-state index is 0.0740. The lowest BCUT2D eigenvalue weighted by Gasteiger charge is -2.35. The van der Waals surface area contributed by atoms with Crippen LogP contribution in [0.1, 0.15) is 32.6 Å². The average molecular weight is 396 g/mol. The van der Waals surface area contributed by atoms with Crippen LogP contribution in [-0.2, 0) is 11.8 Å². The van der Waals surface area contributed by atoms with Gasteiger partial charge in [-0.3, -0.25) is 14.2 Å². The Labute approximate surface area is 168 Å². The molecule has 0 aliphatic carbocycles. The number of nitrogens with zero attached hydrogens (tertiary/aromatic N) is 3. The lowest BCUT2D eigenvalue weighted by molar-refractivity contribution is -0.132. The maximum absolute atomic E-state index is 12.9. The van der Waals surface area contributed by atoms with Crippen LogP contribution in [0.3, 0.4) is 0 Å². The molecule has 0 saturated carbocycles. The highest BCUT2D eigenvalue weighted by Crippen LogP contribution is 2.24. The number of likely N-dealkylation sites (tertiary alicyclic amines) is 1. The summed E-state index contributed by atoms with van der Waals surface area (Å²) < 4.78 is 1.56. The van der Waals surface area contributed by atoms with E-state index in [0.29, 0.717) is 27.9 Å². The summed E-state index contributed by atoms with van der Waals surface area (Å²) in [5, 5.41) is 3.28. The zero-order valence-corrected chi connectivity index (χ0v) is 17.2. The van der Waals surface area contributed by atoms with Crippen molar-refractivity contribution in [3.8, 4) is 0 Å². The number of thioether (sulfide) groups is 1. The summed E-state index contributed by atoms with van der Waals surface area (Å²) in [5.41, 5.74) is 0.608. The number of piperidine rings is 1. The van der Waals surface area contributed by atoms with Gasteiger partial charge in [-0.2, -0.15) is 0 Å². The van der Waals surface area contributed by atoms with Gasteiger partial charge in [0.05, 0.1) is 16.7 Å².